The summed E-state index contributed by atoms with van der Waals surface area (Å²) in [5, 5.41) is 7.44. The Labute approximate surface area is 112 Å². The second kappa shape index (κ2) is 4.23. The molecular weight excluding hydrogens is 238 g/mol. The summed E-state index contributed by atoms with van der Waals surface area (Å²) >= 11 is 0. The maximum Gasteiger partial charge on any atom is 0.228 e. The maximum absolute atomic E-state index is 11.6. The highest BCUT2D eigenvalue weighted by Crippen LogP contribution is 2.36. The average molecular weight is 255 g/mol. The van der Waals surface area contributed by atoms with Gasteiger partial charge in [0.2, 0.25) is 5.91 Å². The van der Waals surface area contributed by atoms with Gasteiger partial charge in [-0.1, -0.05) is 26.0 Å². The van der Waals surface area contributed by atoms with Gasteiger partial charge in [0, 0.05) is 24.5 Å². The summed E-state index contributed by atoms with van der Waals surface area (Å²) in [4.78, 5) is 11.6. The van der Waals surface area contributed by atoms with Crippen molar-refractivity contribution >= 4 is 11.6 Å². The van der Waals surface area contributed by atoms with Crippen molar-refractivity contribution in [2.75, 3.05) is 5.32 Å². The topological polar surface area (TPSA) is 46.9 Å². The molecule has 1 aromatic heterocycles. The summed E-state index contributed by atoms with van der Waals surface area (Å²) in [5.41, 5.74) is 5.34. The smallest absolute Gasteiger partial charge is 0.228 e. The van der Waals surface area contributed by atoms with E-state index in [4.69, 9.17) is 0 Å². The molecule has 0 bridgehead atoms. The van der Waals surface area contributed by atoms with Crippen LogP contribution in [0.5, 0.6) is 0 Å². The number of aryl methyl sites for hydroxylation is 1. The molecule has 0 spiro atoms. The van der Waals surface area contributed by atoms with Crippen LogP contribution >= 0.6 is 0 Å². The molecule has 1 aliphatic rings. The molecule has 1 aromatic carbocycles. The zero-order chi connectivity index (χ0) is 13.6. The zero-order valence-corrected chi connectivity index (χ0v) is 11.4. The first-order valence-corrected chi connectivity index (χ1v) is 6.52. The minimum Gasteiger partial charge on any atom is -0.326 e. The number of nitrogens with one attached hydrogen (secondary N) is 1. The first-order valence-electron chi connectivity index (χ1n) is 6.52. The largest absolute Gasteiger partial charge is 0.326 e. The molecule has 4 heteroatoms. The van der Waals surface area contributed by atoms with Crippen LogP contribution in [0.1, 0.15) is 31.0 Å². The van der Waals surface area contributed by atoms with E-state index in [1.165, 1.54) is 0 Å². The molecule has 0 saturated heterocycles. The number of nitrogens with zero attached hydrogens (tertiary/aromatic N) is 2. The molecule has 1 N–H and O–H groups in total. The number of carbonyl (C=O) groups is 1. The van der Waals surface area contributed by atoms with Gasteiger partial charge in [-0.15, -0.1) is 0 Å². The van der Waals surface area contributed by atoms with Crippen molar-refractivity contribution in [1.82, 2.24) is 9.78 Å². The summed E-state index contributed by atoms with van der Waals surface area (Å²) in [7, 11) is 1.93. The lowest BCUT2D eigenvalue weighted by molar-refractivity contribution is -0.115. The standard InChI is InChI=1S/C15H17N3O/c1-9(2)15-12(8-18(3)17-15)10-5-4-6-13-11(10)7-14(19)16-13/h4-6,8-9H,7H2,1-3H3,(H,16,19). The van der Waals surface area contributed by atoms with Crippen molar-refractivity contribution in [2.45, 2.75) is 26.2 Å². The van der Waals surface area contributed by atoms with Gasteiger partial charge in [-0.05, 0) is 23.1 Å². The summed E-state index contributed by atoms with van der Waals surface area (Å²) in [6, 6.07) is 6.01. The van der Waals surface area contributed by atoms with Crippen LogP contribution in [-0.2, 0) is 18.3 Å². The lowest BCUT2D eigenvalue weighted by Gasteiger charge is -2.09. The number of rotatable bonds is 2. The van der Waals surface area contributed by atoms with Gasteiger partial charge < -0.3 is 5.32 Å². The van der Waals surface area contributed by atoms with Gasteiger partial charge in [0.25, 0.3) is 0 Å². The third kappa shape index (κ3) is 1.93. The summed E-state index contributed by atoms with van der Waals surface area (Å²) in [5.74, 6) is 0.426. The predicted molar refractivity (Wildman–Crippen MR) is 75.1 cm³/mol. The molecule has 0 saturated carbocycles. The van der Waals surface area contributed by atoms with Gasteiger partial charge in [-0.25, -0.2) is 0 Å². The first kappa shape index (κ1) is 12.0. The number of aromatic nitrogens is 2. The fraction of sp³-hybridized carbons (Fsp3) is 0.333. The Morgan fingerprint density at radius 3 is 2.84 bits per heavy atom. The molecule has 3 rings (SSSR count). The van der Waals surface area contributed by atoms with Gasteiger partial charge in [0.05, 0.1) is 12.1 Å². The van der Waals surface area contributed by atoms with E-state index in [0.717, 1.165) is 28.1 Å². The van der Waals surface area contributed by atoms with Crippen molar-refractivity contribution in [1.29, 1.82) is 0 Å². The van der Waals surface area contributed by atoms with Crippen LogP contribution in [-0.4, -0.2) is 15.7 Å². The third-order valence-corrected chi connectivity index (χ3v) is 3.48. The average Bonchev–Trinajstić information content (AvgIpc) is 2.90. The Bertz CT molecular complexity index is 655. The molecule has 2 heterocycles. The molecule has 4 nitrogen and oxygen atoms in total. The molecule has 1 amide bonds. The van der Waals surface area contributed by atoms with E-state index in [-0.39, 0.29) is 5.91 Å². The Morgan fingerprint density at radius 2 is 2.11 bits per heavy atom. The van der Waals surface area contributed by atoms with Gasteiger partial charge >= 0.3 is 0 Å². The first-order chi connectivity index (χ1) is 9.06. The number of carbonyl (C=O) groups excluding carboxylic acids is 1. The third-order valence-electron chi connectivity index (χ3n) is 3.48. The SMILES string of the molecule is CC(C)c1nn(C)cc1-c1cccc2c1CC(=O)N2. The molecule has 0 aliphatic carbocycles. The quantitative estimate of drug-likeness (QED) is 0.896. The van der Waals surface area contributed by atoms with Crippen LogP contribution in [0, 0.1) is 0 Å². The molecule has 2 aromatic rings. The van der Waals surface area contributed by atoms with Crippen LogP contribution in [0.15, 0.2) is 24.4 Å². The number of hydrogen-bond acceptors (Lipinski definition) is 2. The van der Waals surface area contributed by atoms with Crippen LogP contribution < -0.4 is 5.32 Å². The van der Waals surface area contributed by atoms with E-state index in [9.17, 15) is 4.79 Å². The number of amides is 1. The van der Waals surface area contributed by atoms with Gasteiger partial charge in [-0.2, -0.15) is 5.10 Å². The number of hydrogen-bond donors (Lipinski definition) is 1. The van der Waals surface area contributed by atoms with Crippen LogP contribution in [0.2, 0.25) is 0 Å². The van der Waals surface area contributed by atoms with Gasteiger partial charge in [-0.3, -0.25) is 9.48 Å². The fourth-order valence-corrected chi connectivity index (χ4v) is 2.64. The minimum absolute atomic E-state index is 0.0671. The van der Waals surface area contributed by atoms with Gasteiger partial charge in [0.15, 0.2) is 0 Å². The lowest BCUT2D eigenvalue weighted by Crippen LogP contribution is -2.03. The van der Waals surface area contributed by atoms with Crippen LogP contribution in [0.25, 0.3) is 11.1 Å². The van der Waals surface area contributed by atoms with Crippen LogP contribution in [0.4, 0.5) is 5.69 Å². The summed E-state index contributed by atoms with van der Waals surface area (Å²) < 4.78 is 1.84. The van der Waals surface area contributed by atoms with Gasteiger partial charge in [0.1, 0.15) is 0 Å². The monoisotopic (exact) mass is 255 g/mol. The highest BCUT2D eigenvalue weighted by atomic mass is 16.1. The van der Waals surface area contributed by atoms with Crippen LogP contribution in [0.3, 0.4) is 0 Å². The van der Waals surface area contributed by atoms with E-state index in [1.807, 2.05) is 30.1 Å². The second-order valence-electron chi connectivity index (χ2n) is 5.31. The molecular formula is C15H17N3O. The van der Waals surface area contributed by atoms with E-state index in [2.05, 4.69) is 30.3 Å². The number of fused-ring (bicyclic) bond motifs is 1. The molecule has 0 fully saturated rings. The zero-order valence-electron chi connectivity index (χ0n) is 11.4. The van der Waals surface area contributed by atoms with Crippen molar-refractivity contribution in [3.05, 3.63) is 35.7 Å². The lowest BCUT2D eigenvalue weighted by atomic mass is 9.95. The molecule has 0 radical (unpaired) electrons. The van der Waals surface area contributed by atoms with E-state index < -0.39 is 0 Å². The fourth-order valence-electron chi connectivity index (χ4n) is 2.64. The summed E-state index contributed by atoms with van der Waals surface area (Å²) in [6.45, 7) is 4.27. The second-order valence-corrected chi connectivity index (χ2v) is 5.31. The highest BCUT2D eigenvalue weighted by Gasteiger charge is 2.23. The van der Waals surface area contributed by atoms with E-state index in [0.29, 0.717) is 12.3 Å². The Hall–Kier alpha value is -2.10. The molecule has 1 aliphatic heterocycles. The normalized spacial score (nSPS) is 13.8. The highest BCUT2D eigenvalue weighted by molar-refractivity contribution is 6.01. The molecule has 98 valence electrons. The summed E-state index contributed by atoms with van der Waals surface area (Å²) in [6.07, 6.45) is 2.49. The Morgan fingerprint density at radius 1 is 1.32 bits per heavy atom. The molecule has 0 atom stereocenters. The predicted octanol–water partition coefficient (Wildman–Crippen LogP) is 2.71. The Balaban J connectivity index is 2.19. The van der Waals surface area contributed by atoms with Crippen molar-refractivity contribution in [3.8, 4) is 11.1 Å². The number of benzene rings is 1. The minimum atomic E-state index is 0.0671. The van der Waals surface area contributed by atoms with Crippen molar-refractivity contribution in [2.24, 2.45) is 7.05 Å². The van der Waals surface area contributed by atoms with Crippen molar-refractivity contribution in [3.63, 3.8) is 0 Å². The van der Waals surface area contributed by atoms with E-state index >= 15 is 0 Å². The number of anilines is 1. The molecule has 19 heavy (non-hydrogen) atoms. The maximum atomic E-state index is 11.6. The Kier molecular flexibility index (Phi) is 2.66. The van der Waals surface area contributed by atoms with Crippen molar-refractivity contribution < 1.29 is 4.79 Å². The van der Waals surface area contributed by atoms with E-state index in [1.54, 1.807) is 0 Å². The molecule has 0 unspecified atom stereocenters.